The smallest absolute Gasteiger partial charge is 0.243 e. The highest BCUT2D eigenvalue weighted by molar-refractivity contribution is 7.89. The summed E-state index contributed by atoms with van der Waals surface area (Å²) < 4.78 is 39.0. The molecule has 1 aliphatic heterocycles. The van der Waals surface area contributed by atoms with Gasteiger partial charge in [-0.1, -0.05) is 11.6 Å². The summed E-state index contributed by atoms with van der Waals surface area (Å²) >= 11 is 5.61. The number of hydrogen-bond acceptors (Lipinski definition) is 3. The molecule has 0 spiro atoms. The first-order valence-corrected chi connectivity index (χ1v) is 7.77. The maximum absolute atomic E-state index is 13.1. The van der Waals surface area contributed by atoms with Crippen molar-refractivity contribution >= 4 is 21.6 Å². The second kappa shape index (κ2) is 5.36. The standard InChI is InChI=1S/C12H15ClFNO3S/c1-8(16)9-4-5-15(7-9)19(17,18)10-2-3-12(14)11(13)6-10/h2-3,6,8-9,16H,4-5,7H2,1H3. The summed E-state index contributed by atoms with van der Waals surface area (Å²) in [6.45, 7) is 2.28. The molecule has 1 aromatic rings. The van der Waals surface area contributed by atoms with Crippen molar-refractivity contribution in [2.24, 2.45) is 5.92 Å². The molecule has 1 saturated heterocycles. The minimum absolute atomic E-state index is 0.0230. The van der Waals surface area contributed by atoms with Crippen molar-refractivity contribution in [3.8, 4) is 0 Å². The van der Waals surface area contributed by atoms with E-state index in [-0.39, 0.29) is 22.4 Å². The predicted octanol–water partition coefficient (Wildman–Crippen LogP) is 1.87. The average Bonchev–Trinajstić information content (AvgIpc) is 2.82. The van der Waals surface area contributed by atoms with Crippen LogP contribution in [0.1, 0.15) is 13.3 Å². The van der Waals surface area contributed by atoms with E-state index in [1.165, 1.54) is 10.4 Å². The molecular weight excluding hydrogens is 293 g/mol. The number of benzene rings is 1. The lowest BCUT2D eigenvalue weighted by molar-refractivity contribution is 0.133. The van der Waals surface area contributed by atoms with Crippen molar-refractivity contribution in [3.63, 3.8) is 0 Å². The molecule has 0 bridgehead atoms. The number of halogens is 2. The fourth-order valence-electron chi connectivity index (χ4n) is 2.15. The molecule has 1 N–H and O–H groups in total. The van der Waals surface area contributed by atoms with Crippen LogP contribution in [0.25, 0.3) is 0 Å². The fourth-order valence-corrected chi connectivity index (χ4v) is 3.94. The monoisotopic (exact) mass is 307 g/mol. The third-order valence-electron chi connectivity index (χ3n) is 3.40. The minimum Gasteiger partial charge on any atom is -0.393 e. The van der Waals surface area contributed by atoms with Crippen LogP contribution in [0.15, 0.2) is 23.1 Å². The highest BCUT2D eigenvalue weighted by Crippen LogP contribution is 2.28. The zero-order chi connectivity index (χ0) is 14.2. The summed E-state index contributed by atoms with van der Waals surface area (Å²) in [6, 6.07) is 3.35. The van der Waals surface area contributed by atoms with Crippen LogP contribution >= 0.6 is 11.6 Å². The van der Waals surface area contributed by atoms with Crippen LogP contribution in [0.5, 0.6) is 0 Å². The lowest BCUT2D eigenvalue weighted by Gasteiger charge is -2.17. The molecule has 106 valence electrons. The molecule has 2 atom stereocenters. The quantitative estimate of drug-likeness (QED) is 0.927. The molecule has 0 radical (unpaired) electrons. The Hall–Kier alpha value is -0.690. The molecule has 1 aromatic carbocycles. The van der Waals surface area contributed by atoms with E-state index in [9.17, 15) is 17.9 Å². The summed E-state index contributed by atoms with van der Waals surface area (Å²) in [4.78, 5) is -0.0230. The second-order valence-electron chi connectivity index (χ2n) is 4.73. The van der Waals surface area contributed by atoms with Crippen LogP contribution in [0.2, 0.25) is 5.02 Å². The topological polar surface area (TPSA) is 57.6 Å². The van der Waals surface area contributed by atoms with Crippen molar-refractivity contribution in [3.05, 3.63) is 29.0 Å². The van der Waals surface area contributed by atoms with Gasteiger partial charge >= 0.3 is 0 Å². The molecule has 1 heterocycles. The Morgan fingerprint density at radius 1 is 1.53 bits per heavy atom. The molecule has 2 rings (SSSR count). The van der Waals surface area contributed by atoms with E-state index in [0.29, 0.717) is 13.0 Å². The Morgan fingerprint density at radius 2 is 2.21 bits per heavy atom. The molecule has 19 heavy (non-hydrogen) atoms. The summed E-state index contributed by atoms with van der Waals surface area (Å²) in [6.07, 6.45) is 0.0724. The molecule has 4 nitrogen and oxygen atoms in total. The first-order chi connectivity index (χ1) is 8.82. The van der Waals surface area contributed by atoms with Crippen molar-refractivity contribution in [1.29, 1.82) is 0 Å². The van der Waals surface area contributed by atoms with E-state index >= 15 is 0 Å². The third-order valence-corrected chi connectivity index (χ3v) is 5.55. The van der Waals surface area contributed by atoms with Gasteiger partial charge in [0.1, 0.15) is 5.82 Å². The molecule has 0 saturated carbocycles. The molecule has 2 unspecified atom stereocenters. The van der Waals surface area contributed by atoms with E-state index < -0.39 is 21.9 Å². The number of aliphatic hydroxyl groups excluding tert-OH is 1. The molecule has 7 heteroatoms. The van der Waals surface area contributed by atoms with Crippen LogP contribution in [-0.4, -0.2) is 37.0 Å². The highest BCUT2D eigenvalue weighted by atomic mass is 35.5. The second-order valence-corrected chi connectivity index (χ2v) is 7.07. The van der Waals surface area contributed by atoms with E-state index in [4.69, 9.17) is 11.6 Å². The third kappa shape index (κ3) is 2.91. The maximum atomic E-state index is 13.1. The summed E-state index contributed by atoms with van der Waals surface area (Å²) in [5, 5.41) is 9.28. The number of hydrogen-bond donors (Lipinski definition) is 1. The zero-order valence-electron chi connectivity index (χ0n) is 10.4. The van der Waals surface area contributed by atoms with Crippen molar-refractivity contribution in [1.82, 2.24) is 4.31 Å². The normalized spacial score (nSPS) is 22.6. The van der Waals surface area contributed by atoms with Gasteiger partial charge in [-0.05, 0) is 37.5 Å². The van der Waals surface area contributed by atoms with Gasteiger partial charge in [-0.2, -0.15) is 4.31 Å². The van der Waals surface area contributed by atoms with Crippen molar-refractivity contribution in [2.75, 3.05) is 13.1 Å². The van der Waals surface area contributed by atoms with Gasteiger partial charge in [0.15, 0.2) is 0 Å². The lowest BCUT2D eigenvalue weighted by atomic mass is 10.0. The molecule has 1 fully saturated rings. The molecular formula is C12H15ClFNO3S. The Balaban J connectivity index is 2.26. The van der Waals surface area contributed by atoms with Crippen LogP contribution < -0.4 is 0 Å². The Bertz CT molecular complexity index is 576. The van der Waals surface area contributed by atoms with Gasteiger partial charge in [0.25, 0.3) is 0 Å². The average molecular weight is 308 g/mol. The van der Waals surface area contributed by atoms with E-state index in [1.807, 2.05) is 0 Å². The van der Waals surface area contributed by atoms with Crippen LogP contribution in [0.3, 0.4) is 0 Å². The van der Waals surface area contributed by atoms with Gasteiger partial charge < -0.3 is 5.11 Å². The van der Waals surface area contributed by atoms with Gasteiger partial charge in [0.2, 0.25) is 10.0 Å². The highest BCUT2D eigenvalue weighted by Gasteiger charge is 2.34. The Kier molecular flexibility index (Phi) is 4.15. The maximum Gasteiger partial charge on any atom is 0.243 e. The molecule has 0 aromatic heterocycles. The minimum atomic E-state index is -3.67. The number of nitrogens with zero attached hydrogens (tertiary/aromatic N) is 1. The van der Waals surface area contributed by atoms with Crippen LogP contribution in [0.4, 0.5) is 4.39 Å². The van der Waals surface area contributed by atoms with Crippen LogP contribution in [0, 0.1) is 11.7 Å². The van der Waals surface area contributed by atoms with Gasteiger partial charge in [-0.25, -0.2) is 12.8 Å². The number of rotatable bonds is 3. The van der Waals surface area contributed by atoms with Crippen molar-refractivity contribution < 1.29 is 17.9 Å². The Morgan fingerprint density at radius 3 is 2.74 bits per heavy atom. The van der Waals surface area contributed by atoms with E-state index in [0.717, 1.165) is 12.1 Å². The van der Waals surface area contributed by atoms with Gasteiger partial charge in [0, 0.05) is 13.1 Å². The van der Waals surface area contributed by atoms with E-state index in [2.05, 4.69) is 0 Å². The zero-order valence-corrected chi connectivity index (χ0v) is 12.0. The fraction of sp³-hybridized carbons (Fsp3) is 0.500. The van der Waals surface area contributed by atoms with Gasteiger partial charge in [-0.3, -0.25) is 0 Å². The van der Waals surface area contributed by atoms with Gasteiger partial charge in [0.05, 0.1) is 16.0 Å². The van der Waals surface area contributed by atoms with E-state index in [1.54, 1.807) is 6.92 Å². The lowest BCUT2D eigenvalue weighted by Crippen LogP contribution is -2.30. The first-order valence-electron chi connectivity index (χ1n) is 5.95. The van der Waals surface area contributed by atoms with Crippen molar-refractivity contribution in [2.45, 2.75) is 24.3 Å². The molecule has 0 amide bonds. The van der Waals surface area contributed by atoms with Gasteiger partial charge in [-0.15, -0.1) is 0 Å². The first kappa shape index (κ1) is 14.7. The van der Waals surface area contributed by atoms with Crippen LogP contribution in [-0.2, 0) is 10.0 Å². The predicted molar refractivity (Wildman–Crippen MR) is 70.0 cm³/mol. The summed E-state index contributed by atoms with van der Waals surface area (Å²) in [5.41, 5.74) is 0. The largest absolute Gasteiger partial charge is 0.393 e. The Labute approximate surface area is 116 Å². The molecule has 0 aliphatic carbocycles. The summed E-state index contributed by atoms with van der Waals surface area (Å²) in [7, 11) is -3.67. The summed E-state index contributed by atoms with van der Waals surface area (Å²) in [5.74, 6) is -0.713. The SMILES string of the molecule is CC(O)C1CCN(S(=O)(=O)c2ccc(F)c(Cl)c2)C1. The molecule has 1 aliphatic rings. The number of sulfonamides is 1. The number of aliphatic hydroxyl groups is 1.